The van der Waals surface area contributed by atoms with Crippen molar-refractivity contribution in [3.63, 3.8) is 0 Å². The van der Waals surface area contributed by atoms with Crippen molar-refractivity contribution in [1.82, 2.24) is 20.5 Å². The molecule has 0 saturated heterocycles. The number of aromatic nitrogens is 1. The predicted molar refractivity (Wildman–Crippen MR) is 143 cm³/mol. The molecule has 37 heavy (non-hydrogen) atoms. The standard InChI is InChI=1S/C28H31ClN4O4/c1-18(2)24-17-37-25-12-10-20(29)15-21(25)27(35)30-13-5-6-14-33(16-26(34)32-24)28(36)23-11-9-19-7-3-4-8-22(19)31-23/h3-4,7-12,15,18,24H,5-6,13-14,16-17H2,1-2H3,(H,30,35)(H,32,34)/t24-/m1/s1. The zero-order valence-corrected chi connectivity index (χ0v) is 21.8. The molecule has 0 unspecified atom stereocenters. The smallest absolute Gasteiger partial charge is 0.272 e. The molecular weight excluding hydrogens is 492 g/mol. The maximum absolute atomic E-state index is 13.4. The molecule has 1 aliphatic rings. The highest BCUT2D eigenvalue weighted by Crippen LogP contribution is 2.24. The van der Waals surface area contributed by atoms with Gasteiger partial charge in [0.05, 0.1) is 23.7 Å². The van der Waals surface area contributed by atoms with Crippen molar-refractivity contribution in [2.75, 3.05) is 26.2 Å². The van der Waals surface area contributed by atoms with E-state index in [1.807, 2.05) is 44.2 Å². The first-order valence-corrected chi connectivity index (χ1v) is 12.8. The molecule has 3 amide bonds. The Bertz CT molecular complexity index is 1300. The summed E-state index contributed by atoms with van der Waals surface area (Å²) in [4.78, 5) is 45.3. The number of para-hydroxylation sites is 1. The summed E-state index contributed by atoms with van der Waals surface area (Å²) >= 11 is 6.13. The van der Waals surface area contributed by atoms with Crippen LogP contribution in [0.2, 0.25) is 5.02 Å². The van der Waals surface area contributed by atoms with Crippen LogP contribution in [0.4, 0.5) is 0 Å². The van der Waals surface area contributed by atoms with Crippen LogP contribution in [0.15, 0.2) is 54.6 Å². The number of nitrogens with zero attached hydrogens (tertiary/aromatic N) is 2. The molecule has 3 aromatic rings. The van der Waals surface area contributed by atoms with Crippen molar-refractivity contribution in [2.45, 2.75) is 32.7 Å². The molecule has 0 spiro atoms. The zero-order valence-electron chi connectivity index (χ0n) is 21.0. The first kappa shape index (κ1) is 26.4. The van der Waals surface area contributed by atoms with Gasteiger partial charge in [-0.05, 0) is 49.1 Å². The van der Waals surface area contributed by atoms with Gasteiger partial charge in [0.25, 0.3) is 11.8 Å². The van der Waals surface area contributed by atoms with E-state index in [1.54, 1.807) is 24.3 Å². The number of benzene rings is 2. The lowest BCUT2D eigenvalue weighted by atomic mass is 10.1. The number of carbonyl (C=O) groups is 3. The number of halogens is 1. The Morgan fingerprint density at radius 2 is 1.92 bits per heavy atom. The van der Waals surface area contributed by atoms with Gasteiger partial charge in [0.2, 0.25) is 5.91 Å². The normalized spacial score (nSPS) is 17.7. The molecule has 1 aromatic heterocycles. The fourth-order valence-corrected chi connectivity index (χ4v) is 4.31. The molecule has 2 N–H and O–H groups in total. The van der Waals surface area contributed by atoms with Crippen LogP contribution >= 0.6 is 11.6 Å². The monoisotopic (exact) mass is 522 g/mol. The lowest BCUT2D eigenvalue weighted by Crippen LogP contribution is -2.48. The van der Waals surface area contributed by atoms with Gasteiger partial charge < -0.3 is 20.3 Å². The van der Waals surface area contributed by atoms with Gasteiger partial charge in [0, 0.05) is 23.5 Å². The van der Waals surface area contributed by atoms with Gasteiger partial charge in [0.15, 0.2) is 0 Å². The first-order valence-electron chi connectivity index (χ1n) is 12.5. The van der Waals surface area contributed by atoms with Crippen molar-refractivity contribution >= 4 is 40.2 Å². The van der Waals surface area contributed by atoms with E-state index in [9.17, 15) is 14.4 Å². The number of amides is 3. The van der Waals surface area contributed by atoms with Crippen molar-refractivity contribution in [3.05, 3.63) is 70.9 Å². The van der Waals surface area contributed by atoms with Crippen molar-refractivity contribution in [2.24, 2.45) is 5.92 Å². The number of carbonyl (C=O) groups excluding carboxylic acids is 3. The molecule has 0 bridgehead atoms. The fraction of sp³-hybridized carbons (Fsp3) is 0.357. The number of fused-ring (bicyclic) bond motifs is 2. The van der Waals surface area contributed by atoms with Crippen LogP contribution in [0.25, 0.3) is 10.9 Å². The van der Waals surface area contributed by atoms with E-state index < -0.39 is 0 Å². The third kappa shape index (κ3) is 6.77. The molecule has 194 valence electrons. The van der Waals surface area contributed by atoms with Gasteiger partial charge in [-0.1, -0.05) is 49.7 Å². The second-order valence-corrected chi connectivity index (χ2v) is 9.88. The lowest BCUT2D eigenvalue weighted by Gasteiger charge is -2.26. The maximum atomic E-state index is 13.4. The number of ether oxygens (including phenoxy) is 1. The minimum absolute atomic E-state index is 0.0514. The topological polar surface area (TPSA) is 101 Å². The number of pyridine rings is 1. The summed E-state index contributed by atoms with van der Waals surface area (Å²) in [5.74, 6) is -0.428. The van der Waals surface area contributed by atoms with Gasteiger partial charge in [0.1, 0.15) is 18.1 Å². The molecular formula is C28H31ClN4O4. The molecule has 2 aromatic carbocycles. The Labute approximate surface area is 221 Å². The van der Waals surface area contributed by atoms with Crippen LogP contribution in [-0.4, -0.2) is 59.9 Å². The highest BCUT2D eigenvalue weighted by Gasteiger charge is 2.24. The predicted octanol–water partition coefficient (Wildman–Crippen LogP) is 4.07. The summed E-state index contributed by atoms with van der Waals surface area (Å²) in [5.41, 5.74) is 1.35. The van der Waals surface area contributed by atoms with E-state index in [4.69, 9.17) is 16.3 Å². The number of hydrogen-bond acceptors (Lipinski definition) is 5. The Morgan fingerprint density at radius 1 is 1.11 bits per heavy atom. The molecule has 8 nitrogen and oxygen atoms in total. The minimum Gasteiger partial charge on any atom is -0.491 e. The van der Waals surface area contributed by atoms with Crippen LogP contribution in [0.5, 0.6) is 5.75 Å². The average molecular weight is 523 g/mol. The second kappa shape index (κ2) is 12.1. The van der Waals surface area contributed by atoms with E-state index in [1.165, 1.54) is 4.90 Å². The fourth-order valence-electron chi connectivity index (χ4n) is 4.14. The van der Waals surface area contributed by atoms with Crippen LogP contribution in [0.3, 0.4) is 0 Å². The van der Waals surface area contributed by atoms with Crippen LogP contribution in [0, 0.1) is 5.92 Å². The molecule has 4 rings (SSSR count). The quantitative estimate of drug-likeness (QED) is 0.528. The summed E-state index contributed by atoms with van der Waals surface area (Å²) in [5, 5.41) is 7.27. The maximum Gasteiger partial charge on any atom is 0.272 e. The number of hydrogen-bond donors (Lipinski definition) is 2. The SMILES string of the molecule is CC(C)[C@H]1COc2ccc(Cl)cc2C(=O)NCCCCN(C(=O)c2ccc3ccccc3n2)CC(=O)N1. The van der Waals surface area contributed by atoms with Crippen molar-refractivity contribution in [1.29, 1.82) is 0 Å². The first-order chi connectivity index (χ1) is 17.8. The Hall–Kier alpha value is -3.65. The second-order valence-electron chi connectivity index (χ2n) is 9.45. The number of rotatable bonds is 2. The molecule has 1 atom stereocenters. The molecule has 0 saturated carbocycles. The summed E-state index contributed by atoms with van der Waals surface area (Å²) < 4.78 is 5.97. The number of nitrogens with one attached hydrogen (secondary N) is 2. The van der Waals surface area contributed by atoms with Gasteiger partial charge in [-0.2, -0.15) is 0 Å². The minimum atomic E-state index is -0.333. The van der Waals surface area contributed by atoms with Crippen LogP contribution in [0.1, 0.15) is 47.5 Å². The zero-order chi connectivity index (χ0) is 26.4. The largest absolute Gasteiger partial charge is 0.491 e. The molecule has 0 radical (unpaired) electrons. The molecule has 1 aliphatic heterocycles. The Kier molecular flexibility index (Phi) is 8.61. The molecule has 2 heterocycles. The third-order valence-corrected chi connectivity index (χ3v) is 6.57. The van der Waals surface area contributed by atoms with Crippen molar-refractivity contribution in [3.8, 4) is 5.75 Å². The van der Waals surface area contributed by atoms with Crippen LogP contribution < -0.4 is 15.4 Å². The summed E-state index contributed by atoms with van der Waals surface area (Å²) in [6.45, 7) is 4.75. The Balaban J connectivity index is 1.56. The van der Waals surface area contributed by atoms with Gasteiger partial charge in [-0.15, -0.1) is 0 Å². The molecule has 0 fully saturated rings. The van der Waals surface area contributed by atoms with Crippen molar-refractivity contribution < 1.29 is 19.1 Å². The van der Waals surface area contributed by atoms with Gasteiger partial charge >= 0.3 is 0 Å². The molecule has 9 heteroatoms. The van der Waals surface area contributed by atoms with E-state index in [-0.39, 0.29) is 48.5 Å². The summed E-state index contributed by atoms with van der Waals surface area (Å²) in [6.07, 6.45) is 1.22. The van der Waals surface area contributed by atoms with E-state index in [0.717, 1.165) is 10.9 Å². The Morgan fingerprint density at radius 3 is 2.73 bits per heavy atom. The van der Waals surface area contributed by atoms with E-state index in [2.05, 4.69) is 15.6 Å². The third-order valence-electron chi connectivity index (χ3n) is 6.34. The van der Waals surface area contributed by atoms with Gasteiger partial charge in [-0.3, -0.25) is 14.4 Å². The summed E-state index contributed by atoms with van der Waals surface area (Å²) in [7, 11) is 0. The van der Waals surface area contributed by atoms with E-state index >= 15 is 0 Å². The molecule has 0 aliphatic carbocycles. The average Bonchev–Trinajstić information content (AvgIpc) is 2.89. The highest BCUT2D eigenvalue weighted by molar-refractivity contribution is 6.31. The van der Waals surface area contributed by atoms with Gasteiger partial charge in [-0.25, -0.2) is 4.98 Å². The van der Waals surface area contributed by atoms with E-state index in [0.29, 0.717) is 42.3 Å². The highest BCUT2D eigenvalue weighted by atomic mass is 35.5. The summed E-state index contributed by atoms with van der Waals surface area (Å²) in [6, 6.07) is 15.7. The van der Waals surface area contributed by atoms with Crippen LogP contribution in [-0.2, 0) is 4.79 Å². The lowest BCUT2D eigenvalue weighted by molar-refractivity contribution is -0.123.